The Morgan fingerprint density at radius 2 is 1.95 bits per heavy atom. The molecule has 2 atom stereocenters. The van der Waals surface area contributed by atoms with Crippen LogP contribution < -0.4 is 4.90 Å². The number of nitro groups is 1. The van der Waals surface area contributed by atoms with E-state index in [2.05, 4.69) is 20.8 Å². The second-order valence-corrected chi connectivity index (χ2v) is 6.62. The van der Waals surface area contributed by atoms with Crippen molar-refractivity contribution in [1.82, 2.24) is 0 Å². The minimum absolute atomic E-state index is 0.144. The van der Waals surface area contributed by atoms with E-state index in [1.54, 1.807) is 13.0 Å². The van der Waals surface area contributed by atoms with E-state index in [4.69, 9.17) is 0 Å². The van der Waals surface area contributed by atoms with Crippen LogP contribution in [-0.2, 0) is 0 Å². The van der Waals surface area contributed by atoms with Crippen LogP contribution in [0.3, 0.4) is 0 Å². The second-order valence-electron chi connectivity index (χ2n) is 5.76. The Bertz CT molecular complexity index is 550. The molecular formula is C14H17BrN2O3. The van der Waals surface area contributed by atoms with E-state index in [0.717, 1.165) is 35.8 Å². The molecule has 2 aliphatic rings. The predicted molar refractivity (Wildman–Crippen MR) is 80.1 cm³/mol. The highest BCUT2D eigenvalue weighted by Crippen LogP contribution is 2.43. The molecule has 0 radical (unpaired) electrons. The number of piperidine rings is 1. The average Bonchev–Trinajstić information content (AvgIpc) is 2.63. The van der Waals surface area contributed by atoms with Gasteiger partial charge >= 0.3 is 0 Å². The lowest BCUT2D eigenvalue weighted by molar-refractivity contribution is -0.385. The average molecular weight is 341 g/mol. The molecule has 20 heavy (non-hydrogen) atoms. The third kappa shape index (κ3) is 2.20. The fourth-order valence-corrected chi connectivity index (χ4v) is 4.13. The summed E-state index contributed by atoms with van der Waals surface area (Å²) >= 11 is 3.47. The van der Waals surface area contributed by atoms with Crippen LogP contribution in [0.1, 0.15) is 31.2 Å². The molecule has 2 unspecified atom stereocenters. The molecule has 1 aromatic carbocycles. The van der Waals surface area contributed by atoms with Gasteiger partial charge in [-0.1, -0.05) is 0 Å². The maximum absolute atomic E-state index is 11.0. The fourth-order valence-electron chi connectivity index (χ4n) is 3.59. The van der Waals surface area contributed by atoms with Gasteiger partial charge in [-0.3, -0.25) is 10.1 Å². The van der Waals surface area contributed by atoms with Gasteiger partial charge in [-0.2, -0.15) is 0 Å². The molecule has 6 heteroatoms. The molecule has 5 nitrogen and oxygen atoms in total. The number of hydrogen-bond donors (Lipinski definition) is 1. The Balaban J connectivity index is 1.99. The van der Waals surface area contributed by atoms with Gasteiger partial charge in [-0.25, -0.2) is 0 Å². The Kier molecular flexibility index (Phi) is 3.46. The molecule has 2 aliphatic heterocycles. The molecule has 1 N–H and O–H groups in total. The number of benzene rings is 1. The van der Waals surface area contributed by atoms with Gasteiger partial charge in [-0.15, -0.1) is 0 Å². The number of halogens is 1. The summed E-state index contributed by atoms with van der Waals surface area (Å²) in [4.78, 5) is 13.0. The molecule has 0 spiro atoms. The van der Waals surface area contributed by atoms with Crippen LogP contribution in [-0.4, -0.2) is 28.2 Å². The van der Waals surface area contributed by atoms with Crippen molar-refractivity contribution in [3.63, 3.8) is 0 Å². The van der Waals surface area contributed by atoms with Crippen LogP contribution in [0, 0.1) is 17.0 Å². The van der Waals surface area contributed by atoms with Gasteiger partial charge in [0.25, 0.3) is 5.69 Å². The summed E-state index contributed by atoms with van der Waals surface area (Å²) in [5.74, 6) is 0. The van der Waals surface area contributed by atoms with Crippen molar-refractivity contribution in [2.45, 2.75) is 50.8 Å². The van der Waals surface area contributed by atoms with Crippen molar-refractivity contribution < 1.29 is 10.0 Å². The van der Waals surface area contributed by atoms with Gasteiger partial charge in [-0.05, 0) is 54.6 Å². The molecule has 3 rings (SSSR count). The first-order chi connectivity index (χ1) is 9.47. The number of nitro benzene ring substituents is 1. The highest BCUT2D eigenvalue weighted by Gasteiger charge is 2.41. The lowest BCUT2D eigenvalue weighted by atomic mass is 9.98. The minimum Gasteiger partial charge on any atom is -0.393 e. The van der Waals surface area contributed by atoms with Crippen molar-refractivity contribution in [3.05, 3.63) is 32.3 Å². The van der Waals surface area contributed by atoms with Gasteiger partial charge in [0.2, 0.25) is 0 Å². The SMILES string of the molecule is Cc1cc(N2C3CCC2CC(O)C3)c(Br)cc1[N+](=O)[O-]. The topological polar surface area (TPSA) is 66.6 Å². The number of aryl methyl sites for hydroxylation is 1. The summed E-state index contributed by atoms with van der Waals surface area (Å²) in [6, 6.07) is 4.18. The zero-order chi connectivity index (χ0) is 14.4. The van der Waals surface area contributed by atoms with Crippen molar-refractivity contribution in [2.24, 2.45) is 0 Å². The molecule has 1 aromatic rings. The largest absolute Gasteiger partial charge is 0.393 e. The lowest BCUT2D eigenvalue weighted by Gasteiger charge is -2.39. The van der Waals surface area contributed by atoms with Crippen LogP contribution in [0.25, 0.3) is 0 Å². The fraction of sp³-hybridized carbons (Fsp3) is 0.571. The number of nitrogens with zero attached hydrogens (tertiary/aromatic N) is 2. The smallest absolute Gasteiger partial charge is 0.273 e. The van der Waals surface area contributed by atoms with E-state index >= 15 is 0 Å². The maximum Gasteiger partial charge on any atom is 0.273 e. The van der Waals surface area contributed by atoms with E-state index < -0.39 is 0 Å². The molecule has 2 heterocycles. The maximum atomic E-state index is 11.0. The number of fused-ring (bicyclic) bond motifs is 2. The number of anilines is 1. The normalized spacial score (nSPS) is 28.8. The molecule has 0 saturated carbocycles. The van der Waals surface area contributed by atoms with Crippen LogP contribution in [0.2, 0.25) is 0 Å². The number of aliphatic hydroxyl groups is 1. The van der Waals surface area contributed by atoms with E-state index in [0.29, 0.717) is 17.6 Å². The molecule has 108 valence electrons. The van der Waals surface area contributed by atoms with Gasteiger partial charge < -0.3 is 10.0 Å². The monoisotopic (exact) mass is 340 g/mol. The van der Waals surface area contributed by atoms with Crippen molar-refractivity contribution >= 4 is 27.3 Å². The van der Waals surface area contributed by atoms with Crippen LogP contribution in [0.5, 0.6) is 0 Å². The first-order valence-corrected chi connectivity index (χ1v) is 7.67. The van der Waals surface area contributed by atoms with Gasteiger partial charge in [0, 0.05) is 28.2 Å². The van der Waals surface area contributed by atoms with E-state index in [1.807, 2.05) is 6.07 Å². The molecule has 0 amide bonds. The predicted octanol–water partition coefficient (Wildman–Crippen LogP) is 3.16. The van der Waals surface area contributed by atoms with Gasteiger partial charge in [0.15, 0.2) is 0 Å². The second kappa shape index (κ2) is 5.00. The summed E-state index contributed by atoms with van der Waals surface area (Å²) in [6.07, 6.45) is 3.55. The molecule has 2 bridgehead atoms. The first kappa shape index (κ1) is 13.8. The Labute approximate surface area is 125 Å². The first-order valence-electron chi connectivity index (χ1n) is 6.88. The summed E-state index contributed by atoms with van der Waals surface area (Å²) in [5, 5.41) is 20.9. The summed E-state index contributed by atoms with van der Waals surface area (Å²) in [5.41, 5.74) is 1.84. The quantitative estimate of drug-likeness (QED) is 0.663. The summed E-state index contributed by atoms with van der Waals surface area (Å²) in [6.45, 7) is 1.77. The third-order valence-electron chi connectivity index (χ3n) is 4.45. The van der Waals surface area contributed by atoms with Gasteiger partial charge in [0.1, 0.15) is 0 Å². The van der Waals surface area contributed by atoms with Crippen molar-refractivity contribution in [2.75, 3.05) is 4.90 Å². The molecule has 2 saturated heterocycles. The number of rotatable bonds is 2. The Hall–Kier alpha value is -1.14. The van der Waals surface area contributed by atoms with Crippen LogP contribution in [0.15, 0.2) is 16.6 Å². The molecule has 0 aromatic heterocycles. The Morgan fingerprint density at radius 3 is 2.50 bits per heavy atom. The van der Waals surface area contributed by atoms with E-state index in [9.17, 15) is 15.2 Å². The molecule has 0 aliphatic carbocycles. The van der Waals surface area contributed by atoms with E-state index in [1.165, 1.54) is 0 Å². The van der Waals surface area contributed by atoms with Gasteiger partial charge in [0.05, 0.1) is 16.7 Å². The highest BCUT2D eigenvalue weighted by atomic mass is 79.9. The third-order valence-corrected chi connectivity index (χ3v) is 5.08. The molecular weight excluding hydrogens is 324 g/mol. The number of aliphatic hydroxyl groups excluding tert-OH is 1. The summed E-state index contributed by atoms with van der Waals surface area (Å²) in [7, 11) is 0. The summed E-state index contributed by atoms with van der Waals surface area (Å²) < 4.78 is 0.767. The highest BCUT2D eigenvalue weighted by molar-refractivity contribution is 9.10. The van der Waals surface area contributed by atoms with Crippen LogP contribution >= 0.6 is 15.9 Å². The Morgan fingerprint density at radius 1 is 1.35 bits per heavy atom. The van der Waals surface area contributed by atoms with Crippen molar-refractivity contribution in [3.8, 4) is 0 Å². The molecule has 2 fully saturated rings. The standard InChI is InChI=1S/C14H17BrN2O3/c1-8-4-14(12(15)7-13(8)17(19)20)16-9-2-3-10(16)6-11(18)5-9/h4,7,9-11,18H,2-3,5-6H2,1H3. The zero-order valence-corrected chi connectivity index (χ0v) is 12.8. The number of hydrogen-bond acceptors (Lipinski definition) is 4. The van der Waals surface area contributed by atoms with Crippen LogP contribution in [0.4, 0.5) is 11.4 Å². The minimum atomic E-state index is -0.349. The van der Waals surface area contributed by atoms with Crippen molar-refractivity contribution in [1.29, 1.82) is 0 Å². The lowest BCUT2D eigenvalue weighted by Crippen LogP contribution is -2.45. The van der Waals surface area contributed by atoms with E-state index in [-0.39, 0.29) is 16.7 Å². The zero-order valence-electron chi connectivity index (χ0n) is 11.3.